The summed E-state index contributed by atoms with van der Waals surface area (Å²) < 4.78 is 5.01. The molecule has 0 bridgehead atoms. The lowest BCUT2D eigenvalue weighted by Gasteiger charge is -2.10. The molecule has 0 aliphatic carbocycles. The number of pyridine rings is 1. The van der Waals surface area contributed by atoms with Crippen LogP contribution in [0.15, 0.2) is 47.8 Å². The van der Waals surface area contributed by atoms with Crippen LogP contribution in [0.5, 0.6) is 0 Å². The van der Waals surface area contributed by atoms with E-state index in [0.29, 0.717) is 22.2 Å². The average molecular weight is 342 g/mol. The number of carboxylic acids is 1. The lowest BCUT2D eigenvalue weighted by Crippen LogP contribution is -2.30. The average Bonchev–Trinajstić information content (AvgIpc) is 3.17. The van der Waals surface area contributed by atoms with Gasteiger partial charge in [0.15, 0.2) is 0 Å². The number of aromatic nitrogens is 1. The van der Waals surface area contributed by atoms with Gasteiger partial charge >= 0.3 is 5.97 Å². The topological polar surface area (TPSA) is 71.5 Å². The van der Waals surface area contributed by atoms with E-state index in [1.54, 1.807) is 23.5 Å². The number of nitrogens with one attached hydrogen (secondary N) is 1. The van der Waals surface area contributed by atoms with Crippen molar-refractivity contribution in [1.82, 2.24) is 10.3 Å². The minimum atomic E-state index is -0.925. The molecule has 0 unspecified atom stereocenters. The molecular formula is C18H18N2O3S. The van der Waals surface area contributed by atoms with Gasteiger partial charge in [0.1, 0.15) is 0 Å². The van der Waals surface area contributed by atoms with Gasteiger partial charge in [-0.05, 0) is 23.6 Å². The Labute approximate surface area is 143 Å². The minimum Gasteiger partial charge on any atom is -0.478 e. The van der Waals surface area contributed by atoms with Gasteiger partial charge in [-0.3, -0.25) is 0 Å². The molecule has 0 saturated carbocycles. The highest BCUT2D eigenvalue weighted by atomic mass is 32.1. The molecule has 0 amide bonds. The number of hydrogen-bond donors (Lipinski definition) is 2. The van der Waals surface area contributed by atoms with Crippen LogP contribution < -0.4 is 5.32 Å². The maximum Gasteiger partial charge on any atom is 0.336 e. The molecule has 0 spiro atoms. The van der Waals surface area contributed by atoms with Crippen molar-refractivity contribution in [2.75, 3.05) is 26.3 Å². The van der Waals surface area contributed by atoms with Crippen LogP contribution >= 0.6 is 11.3 Å². The van der Waals surface area contributed by atoms with E-state index in [2.05, 4.69) is 10.3 Å². The summed E-state index contributed by atoms with van der Waals surface area (Å²) in [7, 11) is 0. The van der Waals surface area contributed by atoms with E-state index in [1.807, 2.05) is 35.7 Å². The Kier molecular flexibility index (Phi) is 5.53. The number of fused-ring (bicyclic) bond motifs is 1. The van der Waals surface area contributed by atoms with Crippen LogP contribution in [0.4, 0.5) is 0 Å². The molecule has 1 aromatic carbocycles. The number of carboxylic acid groups (broad SMARTS) is 1. The predicted molar refractivity (Wildman–Crippen MR) is 95.7 cm³/mol. The zero-order valence-electron chi connectivity index (χ0n) is 13.1. The molecule has 124 valence electrons. The van der Waals surface area contributed by atoms with E-state index in [-0.39, 0.29) is 0 Å². The van der Waals surface area contributed by atoms with Gasteiger partial charge < -0.3 is 15.2 Å². The second-order valence-electron chi connectivity index (χ2n) is 5.22. The van der Waals surface area contributed by atoms with Gasteiger partial charge in [0, 0.05) is 18.5 Å². The lowest BCUT2D eigenvalue weighted by atomic mass is 10.1. The van der Waals surface area contributed by atoms with Gasteiger partial charge in [0.2, 0.25) is 0 Å². The fraction of sp³-hybridized carbons (Fsp3) is 0.222. The molecule has 0 atom stereocenters. The SMILES string of the molecule is C1COCCN1.O=C(O)c1cc(-c2cccs2)nc2ccccc12. The van der Waals surface area contributed by atoms with Gasteiger partial charge in [-0.1, -0.05) is 24.3 Å². The number of carbonyl (C=O) groups is 1. The van der Waals surface area contributed by atoms with Crippen LogP contribution in [-0.4, -0.2) is 42.4 Å². The normalized spacial score (nSPS) is 14.0. The molecule has 1 aliphatic rings. The molecular weight excluding hydrogens is 324 g/mol. The van der Waals surface area contributed by atoms with E-state index in [1.165, 1.54) is 0 Å². The maximum absolute atomic E-state index is 11.3. The van der Waals surface area contributed by atoms with Crippen LogP contribution in [0, 0.1) is 0 Å². The molecule has 6 heteroatoms. The van der Waals surface area contributed by atoms with Crippen LogP contribution in [0.2, 0.25) is 0 Å². The molecule has 0 radical (unpaired) electrons. The van der Waals surface area contributed by atoms with Crippen molar-refractivity contribution in [3.8, 4) is 10.6 Å². The number of thiophene rings is 1. The fourth-order valence-electron chi connectivity index (χ4n) is 2.42. The summed E-state index contributed by atoms with van der Waals surface area (Å²) in [5.74, 6) is -0.925. The third-order valence-corrected chi connectivity index (χ3v) is 4.46. The highest BCUT2D eigenvalue weighted by Gasteiger charge is 2.12. The van der Waals surface area contributed by atoms with Crippen LogP contribution in [-0.2, 0) is 4.74 Å². The highest BCUT2D eigenvalue weighted by molar-refractivity contribution is 7.13. The first-order chi connectivity index (χ1) is 11.8. The second-order valence-corrected chi connectivity index (χ2v) is 6.16. The van der Waals surface area contributed by atoms with Crippen molar-refractivity contribution in [3.05, 3.63) is 53.4 Å². The lowest BCUT2D eigenvalue weighted by molar-refractivity contribution is 0.0699. The number of morpholine rings is 1. The number of nitrogens with zero attached hydrogens (tertiary/aromatic N) is 1. The Morgan fingerprint density at radius 3 is 2.54 bits per heavy atom. The Morgan fingerprint density at radius 2 is 1.96 bits per heavy atom. The van der Waals surface area contributed by atoms with Crippen molar-refractivity contribution in [3.63, 3.8) is 0 Å². The highest BCUT2D eigenvalue weighted by Crippen LogP contribution is 2.27. The standard InChI is InChI=1S/C14H9NO2S.C4H9NO/c16-14(17)10-8-12(13-6-3-7-18-13)15-11-5-2-1-4-9(10)11;1-3-6-4-2-5-1/h1-8H,(H,16,17);5H,1-4H2. The number of rotatable bonds is 2. The van der Waals surface area contributed by atoms with E-state index < -0.39 is 5.97 Å². The molecule has 3 aromatic rings. The molecule has 1 fully saturated rings. The monoisotopic (exact) mass is 342 g/mol. The summed E-state index contributed by atoms with van der Waals surface area (Å²) in [6.07, 6.45) is 0. The maximum atomic E-state index is 11.3. The van der Waals surface area contributed by atoms with Gasteiger partial charge in [-0.2, -0.15) is 0 Å². The second kappa shape index (κ2) is 8.01. The molecule has 4 rings (SSSR count). The van der Waals surface area contributed by atoms with E-state index in [0.717, 1.165) is 31.2 Å². The van der Waals surface area contributed by atoms with Gasteiger partial charge in [0.25, 0.3) is 0 Å². The third-order valence-electron chi connectivity index (χ3n) is 3.57. The Balaban J connectivity index is 0.000000238. The number of hydrogen-bond acceptors (Lipinski definition) is 5. The zero-order chi connectivity index (χ0) is 16.8. The Morgan fingerprint density at radius 1 is 1.17 bits per heavy atom. The summed E-state index contributed by atoms with van der Waals surface area (Å²) in [6, 6.07) is 12.8. The first-order valence-corrected chi connectivity index (χ1v) is 8.59. The molecule has 2 N–H and O–H groups in total. The van der Waals surface area contributed by atoms with Gasteiger partial charge in [0.05, 0.1) is 34.9 Å². The molecule has 1 saturated heterocycles. The number of aromatic carboxylic acids is 1. The summed E-state index contributed by atoms with van der Waals surface area (Å²) in [5.41, 5.74) is 1.71. The van der Waals surface area contributed by atoms with Crippen LogP contribution in [0.1, 0.15) is 10.4 Å². The first-order valence-electron chi connectivity index (χ1n) is 7.71. The molecule has 1 aliphatic heterocycles. The molecule has 5 nitrogen and oxygen atoms in total. The Hall–Kier alpha value is -2.28. The molecule has 2 aromatic heterocycles. The van der Waals surface area contributed by atoms with E-state index >= 15 is 0 Å². The largest absolute Gasteiger partial charge is 0.478 e. The van der Waals surface area contributed by atoms with Crippen LogP contribution in [0.3, 0.4) is 0 Å². The third kappa shape index (κ3) is 3.97. The van der Waals surface area contributed by atoms with E-state index in [4.69, 9.17) is 4.74 Å². The number of benzene rings is 1. The quantitative estimate of drug-likeness (QED) is 0.748. The summed E-state index contributed by atoms with van der Waals surface area (Å²) in [6.45, 7) is 3.83. The minimum absolute atomic E-state index is 0.295. The fourth-order valence-corrected chi connectivity index (χ4v) is 3.10. The first kappa shape index (κ1) is 16.6. The van der Waals surface area contributed by atoms with Crippen molar-refractivity contribution in [2.24, 2.45) is 0 Å². The van der Waals surface area contributed by atoms with Gasteiger partial charge in [-0.25, -0.2) is 9.78 Å². The van der Waals surface area contributed by atoms with Crippen molar-refractivity contribution >= 4 is 28.2 Å². The number of para-hydroxylation sites is 1. The van der Waals surface area contributed by atoms with E-state index in [9.17, 15) is 9.90 Å². The summed E-state index contributed by atoms with van der Waals surface area (Å²) in [5, 5.41) is 15.1. The summed E-state index contributed by atoms with van der Waals surface area (Å²) >= 11 is 1.55. The van der Waals surface area contributed by atoms with Crippen molar-refractivity contribution in [2.45, 2.75) is 0 Å². The summed E-state index contributed by atoms with van der Waals surface area (Å²) in [4.78, 5) is 16.8. The van der Waals surface area contributed by atoms with Gasteiger partial charge in [-0.15, -0.1) is 11.3 Å². The molecule has 3 heterocycles. The number of ether oxygens (including phenoxy) is 1. The predicted octanol–water partition coefficient (Wildman–Crippen LogP) is 3.27. The Bertz CT molecular complexity index is 803. The van der Waals surface area contributed by atoms with Crippen molar-refractivity contribution in [1.29, 1.82) is 0 Å². The van der Waals surface area contributed by atoms with Crippen LogP contribution in [0.25, 0.3) is 21.5 Å². The van der Waals surface area contributed by atoms with Crippen molar-refractivity contribution < 1.29 is 14.6 Å². The zero-order valence-corrected chi connectivity index (χ0v) is 13.9. The smallest absolute Gasteiger partial charge is 0.336 e. The molecule has 24 heavy (non-hydrogen) atoms.